The third-order valence-corrected chi connectivity index (χ3v) is 2.59. The van der Waals surface area contributed by atoms with E-state index in [2.05, 4.69) is 22.7 Å². The Bertz CT molecular complexity index is 439. The van der Waals surface area contributed by atoms with Gasteiger partial charge in [-0.1, -0.05) is 0 Å². The van der Waals surface area contributed by atoms with Crippen molar-refractivity contribution in [2.24, 2.45) is 10.8 Å². The number of nitrogens with two attached hydrogens (primary N) is 1. The Hall–Kier alpha value is -0.960. The highest BCUT2D eigenvalue weighted by Crippen LogP contribution is 2.25. The van der Waals surface area contributed by atoms with Gasteiger partial charge in [-0.05, 0) is 46.9 Å². The summed E-state index contributed by atoms with van der Waals surface area (Å²) in [6.07, 6.45) is 1.39. The first-order valence-corrected chi connectivity index (χ1v) is 5.65. The minimum Gasteiger partial charge on any atom is -0.493 e. The number of rotatable bonds is 3. The third kappa shape index (κ3) is 3.27. The Morgan fingerprint density at radius 2 is 2.38 bits per heavy atom. The van der Waals surface area contributed by atoms with Crippen molar-refractivity contribution in [3.8, 4) is 5.75 Å². The number of ether oxygens (including phenoxy) is 1. The van der Waals surface area contributed by atoms with E-state index in [-0.39, 0.29) is 10.9 Å². The van der Waals surface area contributed by atoms with Crippen LogP contribution in [0.1, 0.15) is 5.56 Å². The molecular weight excluding hydrogens is 344 g/mol. The summed E-state index contributed by atoms with van der Waals surface area (Å²) < 4.78 is 19.0. The average Bonchev–Trinajstić information content (AvgIpc) is 2.23. The van der Waals surface area contributed by atoms with Crippen LogP contribution in [0.5, 0.6) is 5.75 Å². The van der Waals surface area contributed by atoms with Crippen molar-refractivity contribution in [1.82, 2.24) is 5.43 Å². The number of halogens is 2. The Kier molecular flexibility index (Phi) is 4.87. The van der Waals surface area contributed by atoms with E-state index in [0.29, 0.717) is 9.13 Å². The summed E-state index contributed by atoms with van der Waals surface area (Å²) in [5.74, 6) is -0.275. The molecule has 7 heteroatoms. The van der Waals surface area contributed by atoms with E-state index in [1.165, 1.54) is 13.3 Å². The highest BCUT2D eigenvalue weighted by atomic mass is 127. The number of nitrogens with one attached hydrogen (secondary N) is 1. The van der Waals surface area contributed by atoms with Gasteiger partial charge in [0.25, 0.3) is 0 Å². The Balaban J connectivity index is 3.00. The summed E-state index contributed by atoms with van der Waals surface area (Å²) >= 11 is 6.45. The molecule has 86 valence electrons. The van der Waals surface area contributed by atoms with Gasteiger partial charge in [-0.25, -0.2) is 4.39 Å². The number of nitrogens with zero attached hydrogens (tertiary/aromatic N) is 1. The quantitative estimate of drug-likeness (QED) is 0.375. The van der Waals surface area contributed by atoms with Gasteiger partial charge in [0, 0.05) is 5.56 Å². The molecule has 0 saturated carbocycles. The molecule has 0 aliphatic carbocycles. The van der Waals surface area contributed by atoms with Crippen LogP contribution < -0.4 is 15.9 Å². The normalized spacial score (nSPS) is 10.4. The zero-order valence-electron chi connectivity index (χ0n) is 8.33. The second-order valence-corrected chi connectivity index (χ2v) is 4.32. The lowest BCUT2D eigenvalue weighted by Gasteiger charge is -2.06. The number of hydrazone groups is 1. The van der Waals surface area contributed by atoms with Crippen molar-refractivity contribution in [3.63, 3.8) is 0 Å². The molecule has 1 rings (SSSR count). The van der Waals surface area contributed by atoms with Gasteiger partial charge in [0.05, 0.1) is 16.9 Å². The summed E-state index contributed by atoms with van der Waals surface area (Å²) in [5.41, 5.74) is 8.06. The van der Waals surface area contributed by atoms with Gasteiger partial charge in [0.2, 0.25) is 0 Å². The molecule has 1 aromatic rings. The standard InChI is InChI=1S/C9H9FIN3OS/c1-15-8-5(4-13-14-9(12)16)2-3-6(11)7(8)10/h2-4H,1H3,(H3,12,14,16). The van der Waals surface area contributed by atoms with Crippen LogP contribution in [0.3, 0.4) is 0 Å². The van der Waals surface area contributed by atoms with E-state index in [4.69, 9.17) is 10.5 Å². The van der Waals surface area contributed by atoms with Crippen LogP contribution in [0.25, 0.3) is 0 Å². The summed E-state index contributed by atoms with van der Waals surface area (Å²) in [7, 11) is 1.40. The fourth-order valence-electron chi connectivity index (χ4n) is 1.02. The number of benzene rings is 1. The Morgan fingerprint density at radius 1 is 1.69 bits per heavy atom. The van der Waals surface area contributed by atoms with Crippen molar-refractivity contribution in [1.29, 1.82) is 0 Å². The Labute approximate surface area is 111 Å². The summed E-state index contributed by atoms with van der Waals surface area (Å²) in [4.78, 5) is 0. The van der Waals surface area contributed by atoms with Crippen LogP contribution in [-0.4, -0.2) is 18.4 Å². The molecule has 0 atom stereocenters. The summed E-state index contributed by atoms with van der Waals surface area (Å²) in [6.45, 7) is 0. The van der Waals surface area contributed by atoms with Crippen LogP contribution in [0, 0.1) is 9.39 Å². The molecular formula is C9H9FIN3OS. The van der Waals surface area contributed by atoms with Crippen molar-refractivity contribution in [3.05, 3.63) is 27.1 Å². The topological polar surface area (TPSA) is 59.6 Å². The predicted octanol–water partition coefficient (Wildman–Crippen LogP) is 1.61. The number of methoxy groups -OCH3 is 1. The minimum absolute atomic E-state index is 0.0428. The van der Waals surface area contributed by atoms with Gasteiger partial charge in [-0.2, -0.15) is 5.10 Å². The molecule has 16 heavy (non-hydrogen) atoms. The van der Waals surface area contributed by atoms with Crippen LogP contribution in [0.15, 0.2) is 17.2 Å². The lowest BCUT2D eigenvalue weighted by Crippen LogP contribution is -2.24. The van der Waals surface area contributed by atoms with Crippen molar-refractivity contribution < 1.29 is 9.13 Å². The molecule has 0 unspecified atom stereocenters. The van der Waals surface area contributed by atoms with E-state index in [1.807, 2.05) is 22.6 Å². The molecule has 0 radical (unpaired) electrons. The SMILES string of the molecule is COc1c(C=NNC(N)=S)ccc(I)c1F. The monoisotopic (exact) mass is 353 g/mol. The van der Waals surface area contributed by atoms with E-state index >= 15 is 0 Å². The zero-order chi connectivity index (χ0) is 12.1. The highest BCUT2D eigenvalue weighted by molar-refractivity contribution is 14.1. The lowest BCUT2D eigenvalue weighted by molar-refractivity contribution is 0.384. The van der Waals surface area contributed by atoms with Gasteiger partial charge in [-0.3, -0.25) is 5.43 Å². The van der Waals surface area contributed by atoms with Crippen molar-refractivity contribution >= 4 is 46.1 Å². The van der Waals surface area contributed by atoms with Crippen LogP contribution in [-0.2, 0) is 0 Å². The number of hydrogen-bond acceptors (Lipinski definition) is 3. The molecule has 0 saturated heterocycles. The third-order valence-electron chi connectivity index (χ3n) is 1.66. The average molecular weight is 353 g/mol. The molecule has 0 spiro atoms. The second kappa shape index (κ2) is 5.94. The number of thiocarbonyl (C=S) groups is 1. The highest BCUT2D eigenvalue weighted by Gasteiger charge is 2.10. The van der Waals surface area contributed by atoms with E-state index in [1.54, 1.807) is 12.1 Å². The summed E-state index contributed by atoms with van der Waals surface area (Å²) in [6, 6.07) is 3.31. The van der Waals surface area contributed by atoms with Crippen LogP contribution >= 0.6 is 34.8 Å². The maximum atomic E-state index is 13.6. The largest absolute Gasteiger partial charge is 0.493 e. The maximum Gasteiger partial charge on any atom is 0.184 e. The first kappa shape index (κ1) is 13.1. The van der Waals surface area contributed by atoms with Crippen LogP contribution in [0.4, 0.5) is 4.39 Å². The van der Waals surface area contributed by atoms with Crippen molar-refractivity contribution in [2.45, 2.75) is 0 Å². The van der Waals surface area contributed by atoms with E-state index in [0.717, 1.165) is 0 Å². The molecule has 0 aliphatic heterocycles. The van der Waals surface area contributed by atoms with E-state index < -0.39 is 5.82 Å². The van der Waals surface area contributed by atoms with Crippen LogP contribution in [0.2, 0.25) is 0 Å². The Morgan fingerprint density at radius 3 is 2.94 bits per heavy atom. The molecule has 0 amide bonds. The van der Waals surface area contributed by atoms with E-state index in [9.17, 15) is 4.39 Å². The molecule has 0 aromatic heterocycles. The zero-order valence-corrected chi connectivity index (χ0v) is 11.3. The second-order valence-electron chi connectivity index (χ2n) is 2.72. The minimum atomic E-state index is -0.414. The first-order valence-electron chi connectivity index (χ1n) is 4.16. The maximum absolute atomic E-state index is 13.6. The molecule has 0 fully saturated rings. The summed E-state index contributed by atoms with van der Waals surface area (Å²) in [5, 5.41) is 3.77. The smallest absolute Gasteiger partial charge is 0.184 e. The molecule has 0 bridgehead atoms. The molecule has 0 heterocycles. The molecule has 4 nitrogen and oxygen atoms in total. The fourth-order valence-corrected chi connectivity index (χ4v) is 1.50. The number of hydrogen-bond donors (Lipinski definition) is 2. The molecule has 1 aromatic carbocycles. The van der Waals surface area contributed by atoms with Gasteiger partial charge >= 0.3 is 0 Å². The van der Waals surface area contributed by atoms with Gasteiger partial charge in [0.15, 0.2) is 16.7 Å². The molecule has 3 N–H and O–H groups in total. The lowest BCUT2D eigenvalue weighted by atomic mass is 10.2. The van der Waals surface area contributed by atoms with Gasteiger partial charge < -0.3 is 10.5 Å². The molecule has 0 aliphatic rings. The fraction of sp³-hybridized carbons (Fsp3) is 0.111. The van der Waals surface area contributed by atoms with Gasteiger partial charge in [-0.15, -0.1) is 0 Å². The van der Waals surface area contributed by atoms with Crippen molar-refractivity contribution in [2.75, 3.05) is 7.11 Å². The predicted molar refractivity (Wildman–Crippen MR) is 73.2 cm³/mol. The van der Waals surface area contributed by atoms with Gasteiger partial charge in [0.1, 0.15) is 0 Å². The first-order chi connectivity index (χ1) is 7.56.